The van der Waals surface area contributed by atoms with Gasteiger partial charge in [-0.05, 0) is 43.3 Å². The maximum absolute atomic E-state index is 14.1. The number of thiophene rings is 3. The number of fused-ring (bicyclic) bond motifs is 9. The summed E-state index contributed by atoms with van der Waals surface area (Å²) in [6, 6.07) is 45.1. The van der Waals surface area contributed by atoms with E-state index < -0.39 is 29.0 Å². The highest BCUT2D eigenvalue weighted by Crippen LogP contribution is 2.47. The van der Waals surface area contributed by atoms with Crippen molar-refractivity contribution >= 4 is 148 Å². The predicted molar refractivity (Wildman–Crippen MR) is 278 cm³/mol. The Balaban J connectivity index is 1.09. The molecule has 3 heterocycles. The van der Waals surface area contributed by atoms with E-state index in [4.69, 9.17) is 14.2 Å². The van der Waals surface area contributed by atoms with Crippen LogP contribution < -0.4 is 5.32 Å². The minimum atomic E-state index is -1.32. The molecule has 328 valence electrons. The number of hydrogen-bond acceptors (Lipinski definition) is 12. The average molecular weight is 970 g/mol. The van der Waals surface area contributed by atoms with Crippen LogP contribution in [0.25, 0.3) is 60.5 Å². The number of nitrogens with one attached hydrogen (secondary N) is 1. The quantitative estimate of drug-likeness (QED) is 0.0391. The average Bonchev–Trinajstić information content (AvgIpc) is 4.04. The Morgan fingerprint density at radius 2 is 0.862 bits per heavy atom. The van der Waals surface area contributed by atoms with Gasteiger partial charge in [-0.15, -0.1) is 69.3 Å². The van der Waals surface area contributed by atoms with Crippen molar-refractivity contribution < 1.29 is 28.6 Å². The lowest BCUT2D eigenvalue weighted by Gasteiger charge is -2.34. The van der Waals surface area contributed by atoms with Gasteiger partial charge < -0.3 is 19.5 Å². The van der Waals surface area contributed by atoms with Crippen LogP contribution in [0.15, 0.2) is 167 Å². The Morgan fingerprint density at radius 1 is 0.508 bits per heavy atom. The molecule has 7 nitrogen and oxygen atoms in total. The van der Waals surface area contributed by atoms with E-state index in [-0.39, 0.29) is 19.8 Å². The van der Waals surface area contributed by atoms with Crippen LogP contribution in [0.1, 0.15) is 6.92 Å². The van der Waals surface area contributed by atoms with E-state index in [2.05, 4.69) is 146 Å². The van der Waals surface area contributed by atoms with Crippen LogP contribution in [0.2, 0.25) is 0 Å². The van der Waals surface area contributed by atoms with E-state index in [1.54, 1.807) is 76.2 Å². The fourth-order valence-electron chi connectivity index (χ4n) is 7.64. The lowest BCUT2D eigenvalue weighted by Crippen LogP contribution is -2.54. The predicted octanol–water partition coefficient (Wildman–Crippen LogP) is 14.4. The summed E-state index contributed by atoms with van der Waals surface area (Å²) < 4.78 is 24.4. The fraction of sp³-hybridized carbons (Fsp3) is 0.173. The Morgan fingerprint density at radius 3 is 1.23 bits per heavy atom. The van der Waals surface area contributed by atoms with Gasteiger partial charge in [0.05, 0.1) is 0 Å². The minimum absolute atomic E-state index is 0.0635. The molecule has 9 rings (SSSR count). The molecule has 0 radical (unpaired) electrons. The number of ether oxygens (including phenoxy) is 3. The molecule has 0 aliphatic carbocycles. The second kappa shape index (κ2) is 19.7. The molecule has 0 bridgehead atoms. The summed E-state index contributed by atoms with van der Waals surface area (Å²) in [5, 5.41) is 10.2. The second-order valence-corrected chi connectivity index (χ2v) is 22.2. The summed E-state index contributed by atoms with van der Waals surface area (Å²) in [6.07, 6.45) is 1.34. The summed E-state index contributed by atoms with van der Waals surface area (Å²) in [6.45, 7) is 8.06. The van der Waals surface area contributed by atoms with Crippen LogP contribution in [0.4, 0.5) is 4.79 Å². The third-order valence-electron chi connectivity index (χ3n) is 11.0. The summed E-state index contributed by atoms with van der Waals surface area (Å²) in [4.78, 5) is 41.9. The first kappa shape index (κ1) is 44.9. The largest absolute Gasteiger partial charge is 0.460 e. The van der Waals surface area contributed by atoms with Crippen molar-refractivity contribution in [2.24, 2.45) is 5.41 Å². The number of amides is 1. The van der Waals surface area contributed by atoms with Crippen molar-refractivity contribution in [3.63, 3.8) is 0 Å². The zero-order valence-corrected chi connectivity index (χ0v) is 40.2. The lowest BCUT2D eigenvalue weighted by atomic mass is 9.97. The van der Waals surface area contributed by atoms with Gasteiger partial charge in [0.25, 0.3) is 0 Å². The van der Waals surface area contributed by atoms with Crippen LogP contribution >= 0.6 is 69.3 Å². The van der Waals surface area contributed by atoms with Crippen molar-refractivity contribution in [1.29, 1.82) is 0 Å². The summed E-state index contributed by atoms with van der Waals surface area (Å²) in [5.41, 5.74) is -1.92. The number of rotatable bonds is 18. The van der Waals surface area contributed by atoms with Crippen LogP contribution in [0.3, 0.4) is 0 Å². The second-order valence-electron chi connectivity index (χ2n) is 15.9. The van der Waals surface area contributed by atoms with Gasteiger partial charge in [-0.25, -0.2) is 14.4 Å². The van der Waals surface area contributed by atoms with Crippen LogP contribution in [0.5, 0.6) is 0 Å². The van der Waals surface area contributed by atoms with Crippen molar-refractivity contribution in [2.75, 3.05) is 37.1 Å². The molecule has 65 heavy (non-hydrogen) atoms. The molecule has 0 atom stereocenters. The molecule has 13 heteroatoms. The van der Waals surface area contributed by atoms with Gasteiger partial charge in [0.1, 0.15) is 25.4 Å². The standard InChI is InChI=1S/C52H43NO6S6/c1-4-45(54)57-27-51(3,28-58-46(55)5-2)53-50(56)59-29-52(30-60-42-24-12-18-36-33-15-6-9-21-39(33)63-47(36)42,31-61-43-25-13-19-37-34-16-7-10-22-40(34)64-48(37)43)32-62-44-26-14-20-38-35-17-8-11-23-41(35)65-49(38)44/h4-26H,1-2,27-32H2,3H3,(H,53,56). The fourth-order valence-corrected chi connectivity index (χ4v) is 15.8. The molecule has 0 fully saturated rings. The Bertz CT molecular complexity index is 2950. The minimum Gasteiger partial charge on any atom is -0.460 e. The number of alkyl carbamates (subject to hydrolysis) is 1. The highest BCUT2D eigenvalue weighted by molar-refractivity contribution is 8.01. The Hall–Kier alpha value is -5.28. The number of carbonyl (C=O) groups is 3. The SMILES string of the molecule is C=CC(=O)OCC(C)(COC(=O)C=C)NC(=O)OCC(CSc1cccc2c1sc1ccccc12)(CSc1cccc2c1sc1ccccc12)CSc1cccc2c1sc1ccccc12. The third-order valence-corrected chi connectivity index (χ3v) is 19.3. The molecule has 0 aliphatic rings. The van der Waals surface area contributed by atoms with Crippen LogP contribution in [0, 0.1) is 5.41 Å². The molecule has 0 saturated carbocycles. The molecule has 9 aromatic rings. The van der Waals surface area contributed by atoms with E-state index in [9.17, 15) is 14.4 Å². The molecular formula is C52H43NO6S6. The first-order chi connectivity index (χ1) is 31.6. The molecule has 0 aliphatic heterocycles. The van der Waals surface area contributed by atoms with E-state index in [1.807, 2.05) is 0 Å². The smallest absolute Gasteiger partial charge is 0.407 e. The highest BCUT2D eigenvalue weighted by atomic mass is 32.2. The summed E-state index contributed by atoms with van der Waals surface area (Å²) >= 11 is 10.8. The van der Waals surface area contributed by atoms with E-state index in [0.717, 1.165) is 12.2 Å². The van der Waals surface area contributed by atoms with Crippen molar-refractivity contribution in [3.8, 4) is 0 Å². The van der Waals surface area contributed by atoms with Crippen LogP contribution in [-0.2, 0) is 23.8 Å². The monoisotopic (exact) mass is 969 g/mol. The van der Waals surface area contributed by atoms with E-state index in [1.165, 1.54) is 75.2 Å². The topological polar surface area (TPSA) is 90.9 Å². The summed E-state index contributed by atoms with van der Waals surface area (Å²) in [5.74, 6) is 0.529. The number of carbonyl (C=O) groups excluding carboxylic acids is 3. The maximum atomic E-state index is 14.1. The summed E-state index contributed by atoms with van der Waals surface area (Å²) in [7, 11) is 0. The highest BCUT2D eigenvalue weighted by Gasteiger charge is 2.36. The molecular weight excluding hydrogens is 927 g/mol. The lowest BCUT2D eigenvalue weighted by molar-refractivity contribution is -0.144. The third kappa shape index (κ3) is 9.82. The normalized spacial score (nSPS) is 12.0. The van der Waals surface area contributed by atoms with Gasteiger partial charge in [0.2, 0.25) is 0 Å². The van der Waals surface area contributed by atoms with Crippen molar-refractivity contribution in [3.05, 3.63) is 153 Å². The zero-order valence-electron chi connectivity index (χ0n) is 35.3. The van der Waals surface area contributed by atoms with Gasteiger partial charge >= 0.3 is 18.0 Å². The number of benzene rings is 6. The number of thioether (sulfide) groups is 3. The van der Waals surface area contributed by atoms with Gasteiger partial charge in [0.15, 0.2) is 0 Å². The Labute approximate surface area is 401 Å². The number of esters is 2. The maximum Gasteiger partial charge on any atom is 0.407 e. The zero-order chi connectivity index (χ0) is 45.0. The van der Waals surface area contributed by atoms with Crippen molar-refractivity contribution in [1.82, 2.24) is 5.32 Å². The van der Waals surface area contributed by atoms with Crippen molar-refractivity contribution in [2.45, 2.75) is 27.1 Å². The van der Waals surface area contributed by atoms with Crippen LogP contribution in [-0.4, -0.2) is 60.6 Å². The first-order valence-corrected chi connectivity index (χ1v) is 26.2. The number of hydrogen-bond donors (Lipinski definition) is 1. The van der Waals surface area contributed by atoms with Gasteiger partial charge in [-0.3, -0.25) is 0 Å². The van der Waals surface area contributed by atoms with Gasteiger partial charge in [-0.1, -0.05) is 104 Å². The molecule has 1 amide bonds. The van der Waals surface area contributed by atoms with E-state index in [0.29, 0.717) is 17.3 Å². The Kier molecular flexibility index (Phi) is 13.6. The molecule has 0 unspecified atom stereocenters. The first-order valence-electron chi connectivity index (χ1n) is 20.8. The van der Waals surface area contributed by atoms with Gasteiger partial charge in [-0.2, -0.15) is 0 Å². The molecule has 1 N–H and O–H groups in total. The molecule has 6 aromatic carbocycles. The molecule has 0 saturated heterocycles. The molecule has 0 spiro atoms. The molecule has 3 aromatic heterocycles. The van der Waals surface area contributed by atoms with E-state index >= 15 is 0 Å². The van der Waals surface area contributed by atoms with Gasteiger partial charge in [0, 0.05) is 110 Å².